The standard InChI is InChI=1S/C12H19F2N3/c1-17-6-4-11(16-17)10(15)7-9-3-2-5-12(13,14)8-9/h4,6,9-10H,2-3,5,7-8,15H2,1H3. The van der Waals surface area contributed by atoms with Gasteiger partial charge >= 0.3 is 0 Å². The van der Waals surface area contributed by atoms with Crippen LogP contribution in [0, 0.1) is 5.92 Å². The Morgan fingerprint density at radius 2 is 2.41 bits per heavy atom. The van der Waals surface area contributed by atoms with Gasteiger partial charge in [-0.3, -0.25) is 4.68 Å². The lowest BCUT2D eigenvalue weighted by atomic mass is 9.82. The van der Waals surface area contributed by atoms with Crippen LogP contribution in [0.1, 0.15) is 43.8 Å². The molecule has 0 saturated heterocycles. The summed E-state index contributed by atoms with van der Waals surface area (Å²) < 4.78 is 28.2. The van der Waals surface area contributed by atoms with E-state index in [-0.39, 0.29) is 24.8 Å². The number of aryl methyl sites for hydroxylation is 1. The molecule has 3 nitrogen and oxygen atoms in total. The van der Waals surface area contributed by atoms with Crippen molar-refractivity contribution >= 4 is 0 Å². The van der Waals surface area contributed by atoms with Crippen LogP contribution in [0.5, 0.6) is 0 Å². The minimum Gasteiger partial charge on any atom is -0.323 e. The van der Waals surface area contributed by atoms with Crippen molar-refractivity contribution in [2.24, 2.45) is 18.7 Å². The van der Waals surface area contributed by atoms with Crippen molar-refractivity contribution in [2.45, 2.75) is 44.1 Å². The molecular weight excluding hydrogens is 224 g/mol. The van der Waals surface area contributed by atoms with Gasteiger partial charge in [0.05, 0.1) is 5.69 Å². The average Bonchev–Trinajstić information content (AvgIpc) is 2.63. The molecule has 0 amide bonds. The van der Waals surface area contributed by atoms with Crippen LogP contribution in [0.25, 0.3) is 0 Å². The van der Waals surface area contributed by atoms with Gasteiger partial charge in [0.25, 0.3) is 0 Å². The Morgan fingerprint density at radius 1 is 1.65 bits per heavy atom. The van der Waals surface area contributed by atoms with Crippen molar-refractivity contribution in [2.75, 3.05) is 0 Å². The molecular formula is C12H19F2N3. The van der Waals surface area contributed by atoms with Crippen molar-refractivity contribution in [3.8, 4) is 0 Å². The summed E-state index contributed by atoms with van der Waals surface area (Å²) in [5.74, 6) is -2.47. The Morgan fingerprint density at radius 3 is 3.00 bits per heavy atom. The quantitative estimate of drug-likeness (QED) is 0.886. The van der Waals surface area contributed by atoms with E-state index in [0.29, 0.717) is 12.8 Å². The number of nitrogens with zero attached hydrogens (tertiary/aromatic N) is 2. The molecule has 1 aliphatic carbocycles. The fraction of sp³-hybridized carbons (Fsp3) is 0.750. The molecule has 0 bridgehead atoms. The maximum absolute atomic E-state index is 13.3. The maximum atomic E-state index is 13.3. The van der Waals surface area contributed by atoms with Gasteiger partial charge in [0.1, 0.15) is 0 Å². The van der Waals surface area contributed by atoms with Crippen molar-refractivity contribution in [3.05, 3.63) is 18.0 Å². The zero-order chi connectivity index (χ0) is 12.5. The van der Waals surface area contributed by atoms with Gasteiger partial charge in [-0.2, -0.15) is 5.10 Å². The molecule has 96 valence electrons. The summed E-state index contributed by atoms with van der Waals surface area (Å²) in [5.41, 5.74) is 6.80. The Hall–Kier alpha value is -0.970. The molecule has 17 heavy (non-hydrogen) atoms. The third kappa shape index (κ3) is 3.25. The second kappa shape index (κ2) is 4.72. The van der Waals surface area contributed by atoms with Gasteiger partial charge in [-0.25, -0.2) is 8.78 Å². The van der Waals surface area contributed by atoms with Crippen molar-refractivity contribution < 1.29 is 8.78 Å². The van der Waals surface area contributed by atoms with E-state index in [9.17, 15) is 8.78 Å². The zero-order valence-corrected chi connectivity index (χ0v) is 10.1. The summed E-state index contributed by atoms with van der Waals surface area (Å²) in [6, 6.07) is 1.63. The van der Waals surface area contributed by atoms with E-state index in [4.69, 9.17) is 5.73 Å². The molecule has 1 heterocycles. The SMILES string of the molecule is Cn1ccc(C(N)CC2CCCC(F)(F)C2)n1. The van der Waals surface area contributed by atoms with Crippen LogP contribution in [0.4, 0.5) is 8.78 Å². The lowest BCUT2D eigenvalue weighted by molar-refractivity contribution is -0.0544. The number of hydrogen-bond acceptors (Lipinski definition) is 2. The highest BCUT2D eigenvalue weighted by Gasteiger charge is 2.36. The summed E-state index contributed by atoms with van der Waals surface area (Å²) in [6.07, 6.45) is 3.90. The van der Waals surface area contributed by atoms with Crippen molar-refractivity contribution in [1.82, 2.24) is 9.78 Å². The van der Waals surface area contributed by atoms with Crippen LogP contribution in [-0.2, 0) is 7.05 Å². The largest absolute Gasteiger partial charge is 0.323 e. The average molecular weight is 243 g/mol. The summed E-state index contributed by atoms with van der Waals surface area (Å²) >= 11 is 0. The van der Waals surface area contributed by atoms with Gasteiger partial charge in [-0.05, 0) is 31.2 Å². The van der Waals surface area contributed by atoms with Crippen molar-refractivity contribution in [1.29, 1.82) is 0 Å². The van der Waals surface area contributed by atoms with Gasteiger partial charge in [-0.1, -0.05) is 0 Å². The molecule has 0 aliphatic heterocycles. The van der Waals surface area contributed by atoms with Crippen LogP contribution >= 0.6 is 0 Å². The third-order valence-electron chi connectivity index (χ3n) is 3.44. The number of alkyl halides is 2. The molecule has 0 spiro atoms. The first kappa shape index (κ1) is 12.5. The Kier molecular flexibility index (Phi) is 3.47. The molecule has 0 radical (unpaired) electrons. The van der Waals surface area contributed by atoms with Crippen molar-refractivity contribution in [3.63, 3.8) is 0 Å². The monoisotopic (exact) mass is 243 g/mol. The molecule has 1 aromatic rings. The Labute approximate surface area is 100.0 Å². The lowest BCUT2D eigenvalue weighted by Gasteiger charge is -2.30. The van der Waals surface area contributed by atoms with Crippen LogP contribution in [-0.4, -0.2) is 15.7 Å². The molecule has 2 N–H and O–H groups in total. The topological polar surface area (TPSA) is 43.8 Å². The minimum absolute atomic E-state index is 0.0203. The van der Waals surface area contributed by atoms with E-state index in [1.807, 2.05) is 19.3 Å². The first-order chi connectivity index (χ1) is 7.96. The fourth-order valence-corrected chi connectivity index (χ4v) is 2.59. The smallest absolute Gasteiger partial charge is 0.248 e. The summed E-state index contributed by atoms with van der Waals surface area (Å²) in [6.45, 7) is 0. The summed E-state index contributed by atoms with van der Waals surface area (Å²) in [4.78, 5) is 0. The third-order valence-corrected chi connectivity index (χ3v) is 3.44. The van der Waals surface area contributed by atoms with Gasteiger partial charge in [0.15, 0.2) is 0 Å². The van der Waals surface area contributed by atoms with E-state index < -0.39 is 5.92 Å². The highest BCUT2D eigenvalue weighted by atomic mass is 19.3. The molecule has 0 aromatic carbocycles. The zero-order valence-electron chi connectivity index (χ0n) is 10.1. The lowest BCUT2D eigenvalue weighted by Crippen LogP contribution is -2.28. The predicted octanol–water partition coefficient (Wildman–Crippen LogP) is 2.64. The molecule has 1 saturated carbocycles. The van der Waals surface area contributed by atoms with Gasteiger partial charge in [0.2, 0.25) is 5.92 Å². The number of rotatable bonds is 3. The molecule has 2 atom stereocenters. The van der Waals surface area contributed by atoms with Crippen LogP contribution in [0.3, 0.4) is 0 Å². The number of aromatic nitrogens is 2. The van der Waals surface area contributed by atoms with Gasteiger partial charge in [-0.15, -0.1) is 0 Å². The first-order valence-electron chi connectivity index (χ1n) is 6.09. The van der Waals surface area contributed by atoms with Gasteiger partial charge < -0.3 is 5.73 Å². The number of hydrogen-bond donors (Lipinski definition) is 1. The van der Waals surface area contributed by atoms with E-state index in [1.54, 1.807) is 4.68 Å². The van der Waals surface area contributed by atoms with Crippen LogP contribution in [0.2, 0.25) is 0 Å². The number of halogens is 2. The van der Waals surface area contributed by atoms with Crippen LogP contribution in [0.15, 0.2) is 12.3 Å². The number of nitrogens with two attached hydrogens (primary N) is 1. The Balaban J connectivity index is 1.92. The van der Waals surface area contributed by atoms with Crippen LogP contribution < -0.4 is 5.73 Å². The second-order valence-corrected chi connectivity index (χ2v) is 5.07. The van der Waals surface area contributed by atoms with E-state index in [2.05, 4.69) is 5.10 Å². The normalized spacial score (nSPS) is 25.8. The molecule has 2 rings (SSSR count). The molecule has 1 aromatic heterocycles. The summed E-state index contributed by atoms with van der Waals surface area (Å²) in [7, 11) is 1.82. The first-order valence-corrected chi connectivity index (χ1v) is 6.09. The molecule has 2 unspecified atom stereocenters. The highest BCUT2D eigenvalue weighted by Crippen LogP contribution is 2.39. The Bertz CT molecular complexity index is 376. The molecule has 1 aliphatic rings. The second-order valence-electron chi connectivity index (χ2n) is 5.07. The summed E-state index contributed by atoms with van der Waals surface area (Å²) in [5, 5.41) is 4.22. The fourth-order valence-electron chi connectivity index (χ4n) is 2.59. The predicted molar refractivity (Wildman–Crippen MR) is 61.7 cm³/mol. The minimum atomic E-state index is -2.49. The molecule has 5 heteroatoms. The highest BCUT2D eigenvalue weighted by molar-refractivity contribution is 5.05. The van der Waals surface area contributed by atoms with E-state index >= 15 is 0 Å². The van der Waals surface area contributed by atoms with E-state index in [0.717, 1.165) is 12.1 Å². The molecule has 1 fully saturated rings. The maximum Gasteiger partial charge on any atom is 0.248 e. The van der Waals surface area contributed by atoms with E-state index in [1.165, 1.54) is 0 Å². The van der Waals surface area contributed by atoms with Gasteiger partial charge in [0, 0.05) is 32.1 Å².